The van der Waals surface area contributed by atoms with Gasteiger partial charge in [-0.1, -0.05) is 26.2 Å². The monoisotopic (exact) mass is 207 g/mol. The zero-order valence-electron chi connectivity index (χ0n) is 9.89. The minimum absolute atomic E-state index is 1.24. The second kappa shape index (κ2) is 5.34. The van der Waals surface area contributed by atoms with E-state index < -0.39 is 0 Å². The molecule has 0 unspecified atom stereocenters. The van der Waals surface area contributed by atoms with Gasteiger partial charge in [0, 0.05) is 12.8 Å². The molecule has 0 saturated carbocycles. The van der Waals surface area contributed by atoms with Crippen molar-refractivity contribution in [2.45, 2.75) is 64.8 Å². The van der Waals surface area contributed by atoms with E-state index in [1.807, 2.05) is 0 Å². The topological polar surface area (TPSA) is 19.7 Å². The average molecular weight is 207 g/mol. The largest absolute Gasteiger partial charge is 0.254 e. The summed E-state index contributed by atoms with van der Waals surface area (Å²) in [6.45, 7) is 3.51. The standard InChI is InChI=1S/C13H22N2/c1-2-3-4-5-8-12-11-14-13-9-6-7-10-15(12)13/h11H,2-10H2,1H3/p+1. The number of H-pyrrole nitrogens is 1. The van der Waals surface area contributed by atoms with Crippen LogP contribution in [0.3, 0.4) is 0 Å². The average Bonchev–Trinajstić information content (AvgIpc) is 2.68. The van der Waals surface area contributed by atoms with Crippen molar-refractivity contribution in [2.75, 3.05) is 0 Å². The van der Waals surface area contributed by atoms with Gasteiger partial charge in [0.15, 0.2) is 0 Å². The molecule has 0 fully saturated rings. The van der Waals surface area contributed by atoms with Gasteiger partial charge >= 0.3 is 0 Å². The van der Waals surface area contributed by atoms with Gasteiger partial charge < -0.3 is 0 Å². The summed E-state index contributed by atoms with van der Waals surface area (Å²) in [6, 6.07) is 0. The van der Waals surface area contributed by atoms with E-state index in [2.05, 4.69) is 22.7 Å². The number of imidazole rings is 1. The lowest BCUT2D eigenvalue weighted by molar-refractivity contribution is -0.714. The molecule has 0 bridgehead atoms. The Kier molecular flexibility index (Phi) is 3.81. The van der Waals surface area contributed by atoms with E-state index in [9.17, 15) is 0 Å². The summed E-state index contributed by atoms with van der Waals surface area (Å²) in [6.07, 6.45) is 12.9. The number of aromatic amines is 1. The van der Waals surface area contributed by atoms with Gasteiger partial charge in [-0.3, -0.25) is 0 Å². The van der Waals surface area contributed by atoms with Gasteiger partial charge in [-0.15, -0.1) is 0 Å². The first-order chi connectivity index (χ1) is 7.42. The normalized spacial score (nSPS) is 15.3. The summed E-state index contributed by atoms with van der Waals surface area (Å²) in [7, 11) is 0. The van der Waals surface area contributed by atoms with Crippen LogP contribution in [0.15, 0.2) is 6.20 Å². The Labute approximate surface area is 92.7 Å². The van der Waals surface area contributed by atoms with E-state index in [4.69, 9.17) is 0 Å². The number of nitrogens with zero attached hydrogens (tertiary/aromatic N) is 1. The van der Waals surface area contributed by atoms with Crippen molar-refractivity contribution in [3.8, 4) is 0 Å². The number of nitrogens with one attached hydrogen (secondary N) is 1. The van der Waals surface area contributed by atoms with Crippen molar-refractivity contribution in [3.05, 3.63) is 17.7 Å². The fourth-order valence-electron chi connectivity index (χ4n) is 2.48. The van der Waals surface area contributed by atoms with Gasteiger partial charge in [0.2, 0.25) is 0 Å². The number of hydrogen-bond acceptors (Lipinski definition) is 0. The predicted molar refractivity (Wildman–Crippen MR) is 61.8 cm³/mol. The van der Waals surface area contributed by atoms with E-state index in [-0.39, 0.29) is 0 Å². The summed E-state index contributed by atoms with van der Waals surface area (Å²) in [4.78, 5) is 3.43. The summed E-state index contributed by atoms with van der Waals surface area (Å²) >= 11 is 0. The van der Waals surface area contributed by atoms with Crippen LogP contribution >= 0.6 is 0 Å². The van der Waals surface area contributed by atoms with Crippen molar-refractivity contribution >= 4 is 0 Å². The van der Waals surface area contributed by atoms with Gasteiger partial charge in [0.1, 0.15) is 11.9 Å². The van der Waals surface area contributed by atoms with Crippen LogP contribution in [0.4, 0.5) is 0 Å². The van der Waals surface area contributed by atoms with Crippen molar-refractivity contribution in [2.24, 2.45) is 0 Å². The zero-order valence-corrected chi connectivity index (χ0v) is 9.89. The number of rotatable bonds is 5. The minimum atomic E-state index is 1.24. The van der Waals surface area contributed by atoms with Crippen molar-refractivity contribution < 1.29 is 4.57 Å². The third-order valence-corrected chi connectivity index (χ3v) is 3.41. The molecule has 0 radical (unpaired) electrons. The fourth-order valence-corrected chi connectivity index (χ4v) is 2.48. The molecule has 0 atom stereocenters. The Morgan fingerprint density at radius 3 is 3.07 bits per heavy atom. The van der Waals surface area contributed by atoms with E-state index >= 15 is 0 Å². The van der Waals surface area contributed by atoms with E-state index in [0.29, 0.717) is 0 Å². The number of aryl methyl sites for hydroxylation is 2. The molecule has 2 heterocycles. The molecule has 2 rings (SSSR count). The first kappa shape index (κ1) is 10.7. The molecule has 2 heteroatoms. The molecule has 1 aliphatic rings. The quantitative estimate of drug-likeness (QED) is 0.566. The first-order valence-electron chi connectivity index (χ1n) is 6.51. The van der Waals surface area contributed by atoms with Gasteiger partial charge in [0.05, 0.1) is 6.54 Å². The number of hydrogen-bond donors (Lipinski definition) is 1. The van der Waals surface area contributed by atoms with Crippen LogP contribution in [-0.2, 0) is 19.4 Å². The lowest BCUT2D eigenvalue weighted by Gasteiger charge is -2.09. The Balaban J connectivity index is 1.88. The Morgan fingerprint density at radius 1 is 1.27 bits per heavy atom. The molecular formula is C13H23N2+. The molecule has 84 valence electrons. The Hall–Kier alpha value is -0.790. The maximum Gasteiger partial charge on any atom is 0.254 e. The van der Waals surface area contributed by atoms with Crippen LogP contribution in [-0.4, -0.2) is 4.98 Å². The van der Waals surface area contributed by atoms with Gasteiger partial charge in [-0.25, -0.2) is 9.55 Å². The molecule has 0 aromatic carbocycles. The lowest BCUT2D eigenvalue weighted by Crippen LogP contribution is -2.42. The summed E-state index contributed by atoms with van der Waals surface area (Å²) in [5.41, 5.74) is 1.53. The van der Waals surface area contributed by atoms with E-state index in [1.165, 1.54) is 69.4 Å². The van der Waals surface area contributed by atoms with Crippen molar-refractivity contribution in [1.29, 1.82) is 0 Å². The minimum Gasteiger partial charge on any atom is -0.247 e. The lowest BCUT2D eigenvalue weighted by atomic mass is 10.1. The highest BCUT2D eigenvalue weighted by atomic mass is 15.1. The Bertz CT molecular complexity index is 301. The molecule has 2 nitrogen and oxygen atoms in total. The van der Waals surface area contributed by atoms with Gasteiger partial charge in [0.25, 0.3) is 5.82 Å². The van der Waals surface area contributed by atoms with Gasteiger partial charge in [-0.05, 0) is 19.3 Å². The number of unbranched alkanes of at least 4 members (excludes halogenated alkanes) is 3. The SMILES string of the molecule is CCCCCCc1c[nH]c2[n+]1CCCC2. The first-order valence-corrected chi connectivity index (χ1v) is 6.51. The van der Waals surface area contributed by atoms with Crippen LogP contribution < -0.4 is 4.57 Å². The smallest absolute Gasteiger partial charge is 0.247 e. The molecule has 0 spiro atoms. The predicted octanol–water partition coefficient (Wildman–Crippen LogP) is 2.76. The maximum absolute atomic E-state index is 3.43. The molecule has 15 heavy (non-hydrogen) atoms. The second-order valence-electron chi connectivity index (χ2n) is 4.65. The molecule has 1 aromatic rings. The molecule has 1 aliphatic heterocycles. The maximum atomic E-state index is 3.43. The zero-order chi connectivity index (χ0) is 10.5. The highest BCUT2D eigenvalue weighted by Crippen LogP contribution is 2.10. The molecular weight excluding hydrogens is 184 g/mol. The molecule has 0 aliphatic carbocycles. The molecule has 0 amide bonds. The van der Waals surface area contributed by atoms with Crippen LogP contribution in [0.25, 0.3) is 0 Å². The molecule has 1 aromatic heterocycles. The second-order valence-corrected chi connectivity index (χ2v) is 4.65. The van der Waals surface area contributed by atoms with Crippen molar-refractivity contribution in [1.82, 2.24) is 4.98 Å². The van der Waals surface area contributed by atoms with E-state index in [1.54, 1.807) is 0 Å². The van der Waals surface area contributed by atoms with Crippen LogP contribution in [0.1, 0.15) is 57.0 Å². The number of fused-ring (bicyclic) bond motifs is 1. The number of aromatic nitrogens is 2. The van der Waals surface area contributed by atoms with E-state index in [0.717, 1.165) is 0 Å². The molecule has 0 saturated heterocycles. The van der Waals surface area contributed by atoms with Crippen LogP contribution in [0.5, 0.6) is 0 Å². The summed E-state index contributed by atoms with van der Waals surface area (Å²) in [5, 5.41) is 0. The van der Waals surface area contributed by atoms with Crippen molar-refractivity contribution in [3.63, 3.8) is 0 Å². The Morgan fingerprint density at radius 2 is 2.20 bits per heavy atom. The van der Waals surface area contributed by atoms with Gasteiger partial charge in [-0.2, -0.15) is 0 Å². The third kappa shape index (κ3) is 2.61. The van der Waals surface area contributed by atoms with Crippen LogP contribution in [0, 0.1) is 0 Å². The molecule has 1 N–H and O–H groups in total. The third-order valence-electron chi connectivity index (χ3n) is 3.41. The highest BCUT2D eigenvalue weighted by Gasteiger charge is 2.20. The fraction of sp³-hybridized carbons (Fsp3) is 0.769. The van der Waals surface area contributed by atoms with Crippen LogP contribution in [0.2, 0.25) is 0 Å². The summed E-state index contributed by atoms with van der Waals surface area (Å²) in [5.74, 6) is 1.45. The summed E-state index contributed by atoms with van der Waals surface area (Å²) < 4.78 is 2.51. The highest BCUT2D eigenvalue weighted by molar-refractivity contribution is 4.93.